The molecule has 0 spiro atoms. The second kappa shape index (κ2) is 12.8. The first-order valence-corrected chi connectivity index (χ1v) is 16.3. The van der Waals surface area contributed by atoms with Gasteiger partial charge in [0, 0.05) is 25.3 Å². The van der Waals surface area contributed by atoms with Gasteiger partial charge in [0.25, 0.3) is 0 Å². The van der Waals surface area contributed by atoms with E-state index in [4.69, 9.17) is 18.9 Å². The molecule has 14 nitrogen and oxygen atoms in total. The zero-order chi connectivity index (χ0) is 31.4. The Morgan fingerprint density at radius 2 is 1.72 bits per heavy atom. The number of nitrogens with one attached hydrogen (secondary N) is 1. The van der Waals surface area contributed by atoms with E-state index in [1.165, 1.54) is 51.2 Å². The summed E-state index contributed by atoms with van der Waals surface area (Å²) in [5.41, 5.74) is 0.874. The molecule has 0 saturated carbocycles. The molecule has 0 fully saturated rings. The Labute approximate surface area is 249 Å². The standard InChI is InChI=1S/C27H30N6O8S2/c1-38-20-9-7-10-21(39-2)25(20)33-26(19-8-6-11-24(29-19)41-4)30-31-27(33)32-43(36,37)16-22(40-3)18-13-12-17(15-28)14-23(18)42(5,34)35/h7-10,12-14,22H,6,11,16H2,1-5H3,(H,31,32)/t22-/m1/s1. The molecule has 0 saturated heterocycles. The van der Waals surface area contributed by atoms with Crippen LogP contribution in [0.15, 0.2) is 52.4 Å². The second-order valence-electron chi connectivity index (χ2n) is 9.28. The monoisotopic (exact) mass is 630 g/mol. The lowest BCUT2D eigenvalue weighted by molar-refractivity contribution is 0.119. The highest BCUT2D eigenvalue weighted by molar-refractivity contribution is 7.92. The van der Waals surface area contributed by atoms with Gasteiger partial charge in [-0.2, -0.15) is 5.26 Å². The van der Waals surface area contributed by atoms with E-state index in [9.17, 15) is 22.1 Å². The number of rotatable bonds is 11. The van der Waals surface area contributed by atoms with Gasteiger partial charge in [-0.15, -0.1) is 10.2 Å². The van der Waals surface area contributed by atoms with Gasteiger partial charge in [-0.05, 0) is 30.7 Å². The van der Waals surface area contributed by atoms with E-state index in [2.05, 4.69) is 19.9 Å². The summed E-state index contributed by atoms with van der Waals surface area (Å²) in [5.74, 6) is 0.406. The predicted molar refractivity (Wildman–Crippen MR) is 158 cm³/mol. The molecule has 16 heteroatoms. The third-order valence-electron chi connectivity index (χ3n) is 6.49. The minimum absolute atomic E-state index is 0.0803. The zero-order valence-electron chi connectivity index (χ0n) is 24.1. The smallest absolute Gasteiger partial charge is 0.243 e. The van der Waals surface area contributed by atoms with Gasteiger partial charge in [0.15, 0.2) is 21.6 Å². The van der Waals surface area contributed by atoms with Crippen molar-refractivity contribution < 1.29 is 35.8 Å². The lowest BCUT2D eigenvalue weighted by atomic mass is 10.1. The summed E-state index contributed by atoms with van der Waals surface area (Å²) in [5, 5.41) is 17.6. The molecule has 1 atom stereocenters. The maximum absolute atomic E-state index is 13.6. The molecule has 2 aromatic carbocycles. The third-order valence-corrected chi connectivity index (χ3v) is 8.87. The van der Waals surface area contributed by atoms with Crippen molar-refractivity contribution in [1.82, 2.24) is 14.8 Å². The van der Waals surface area contributed by atoms with E-state index in [0.717, 1.165) is 6.26 Å². The van der Waals surface area contributed by atoms with Crippen molar-refractivity contribution in [2.45, 2.75) is 23.8 Å². The molecule has 0 aliphatic carbocycles. The van der Waals surface area contributed by atoms with Crippen LogP contribution in [0, 0.1) is 11.3 Å². The summed E-state index contributed by atoms with van der Waals surface area (Å²) in [6, 6.07) is 10.8. The second-order valence-corrected chi connectivity index (χ2v) is 13.0. The van der Waals surface area contributed by atoms with Crippen molar-refractivity contribution >= 4 is 37.4 Å². The van der Waals surface area contributed by atoms with Gasteiger partial charge in [-0.3, -0.25) is 9.29 Å². The first-order valence-electron chi connectivity index (χ1n) is 12.7. The first kappa shape index (κ1) is 31.5. The normalized spacial score (nSPS) is 14.2. The van der Waals surface area contributed by atoms with Gasteiger partial charge in [0.2, 0.25) is 16.0 Å². The van der Waals surface area contributed by atoms with E-state index >= 15 is 0 Å². The van der Waals surface area contributed by atoms with Gasteiger partial charge in [-0.25, -0.2) is 21.8 Å². The van der Waals surface area contributed by atoms with Crippen molar-refractivity contribution in [3.63, 3.8) is 0 Å². The molecule has 0 amide bonds. The van der Waals surface area contributed by atoms with Crippen LogP contribution in [0.3, 0.4) is 0 Å². The van der Waals surface area contributed by atoms with Crippen LogP contribution >= 0.6 is 0 Å². The number of allylic oxidation sites excluding steroid dienone is 1. The quantitative estimate of drug-likeness (QED) is 0.329. The first-order chi connectivity index (χ1) is 20.5. The summed E-state index contributed by atoms with van der Waals surface area (Å²) < 4.78 is 78.0. The molecular weight excluding hydrogens is 600 g/mol. The molecule has 1 aromatic heterocycles. The van der Waals surface area contributed by atoms with Gasteiger partial charge < -0.3 is 18.9 Å². The molecule has 43 heavy (non-hydrogen) atoms. The topological polar surface area (TPSA) is 184 Å². The average Bonchev–Trinajstić information content (AvgIpc) is 3.40. The van der Waals surface area contributed by atoms with E-state index in [-0.39, 0.29) is 27.8 Å². The summed E-state index contributed by atoms with van der Waals surface area (Å²) in [6.45, 7) is 0. The highest BCUT2D eigenvalue weighted by Crippen LogP contribution is 2.38. The number of para-hydroxylation sites is 1. The van der Waals surface area contributed by atoms with Crippen molar-refractivity contribution in [3.05, 3.63) is 59.4 Å². The number of nitrogens with zero attached hydrogens (tertiary/aromatic N) is 5. The van der Waals surface area contributed by atoms with Crippen LogP contribution in [0.4, 0.5) is 5.95 Å². The van der Waals surface area contributed by atoms with E-state index in [0.29, 0.717) is 41.6 Å². The highest BCUT2D eigenvalue weighted by Gasteiger charge is 2.30. The Morgan fingerprint density at radius 1 is 1.02 bits per heavy atom. The van der Waals surface area contributed by atoms with Gasteiger partial charge in [-0.1, -0.05) is 18.2 Å². The van der Waals surface area contributed by atoms with Crippen molar-refractivity contribution in [3.8, 4) is 23.3 Å². The van der Waals surface area contributed by atoms with E-state index in [1.807, 2.05) is 12.1 Å². The molecule has 0 bridgehead atoms. The number of aromatic nitrogens is 3. The molecule has 1 aliphatic heterocycles. The third kappa shape index (κ3) is 6.79. The van der Waals surface area contributed by atoms with Crippen LogP contribution in [0.25, 0.3) is 11.4 Å². The minimum atomic E-state index is -4.29. The van der Waals surface area contributed by atoms with Gasteiger partial charge in [0.05, 0.1) is 49.7 Å². The van der Waals surface area contributed by atoms with Crippen molar-refractivity contribution in [2.75, 3.05) is 45.2 Å². The molecule has 1 N–H and O–H groups in total. The fourth-order valence-electron chi connectivity index (χ4n) is 4.49. The van der Waals surface area contributed by atoms with Crippen molar-refractivity contribution in [2.24, 2.45) is 4.99 Å². The molecule has 2 heterocycles. The number of ether oxygens (including phenoxy) is 4. The molecule has 4 rings (SSSR count). The number of hydrogen-bond donors (Lipinski definition) is 1. The number of sulfonamides is 1. The number of methoxy groups -OCH3 is 4. The predicted octanol–water partition coefficient (Wildman–Crippen LogP) is 2.87. The van der Waals surface area contributed by atoms with Crippen LogP contribution in [0.1, 0.15) is 35.9 Å². The maximum atomic E-state index is 13.6. The highest BCUT2D eigenvalue weighted by atomic mass is 32.2. The minimum Gasteiger partial charge on any atom is -0.494 e. The maximum Gasteiger partial charge on any atom is 0.243 e. The Kier molecular flexibility index (Phi) is 9.38. The average molecular weight is 631 g/mol. The number of sulfone groups is 1. The molecule has 0 unspecified atom stereocenters. The largest absolute Gasteiger partial charge is 0.494 e. The summed E-state index contributed by atoms with van der Waals surface area (Å²) in [6.07, 6.45) is 2.74. The molecule has 228 valence electrons. The van der Waals surface area contributed by atoms with Gasteiger partial charge in [0.1, 0.15) is 22.9 Å². The summed E-state index contributed by atoms with van der Waals surface area (Å²) in [7, 11) is -2.47. The SMILES string of the molecule is COC1=NC(c2nnc(NS(=O)(=O)C[C@@H](OC)c3ccc(C#N)cc3S(C)(=O)=O)n2-c2c(OC)cccc2OC)=CCC1. The summed E-state index contributed by atoms with van der Waals surface area (Å²) >= 11 is 0. The summed E-state index contributed by atoms with van der Waals surface area (Å²) in [4.78, 5) is 4.29. The Hall–Kier alpha value is -4.46. The fourth-order valence-corrected chi connectivity index (χ4v) is 6.67. The van der Waals surface area contributed by atoms with Crippen LogP contribution in [0.2, 0.25) is 0 Å². The molecule has 3 aromatic rings. The van der Waals surface area contributed by atoms with E-state index in [1.54, 1.807) is 18.2 Å². The lowest BCUT2D eigenvalue weighted by Gasteiger charge is -2.21. The molecular formula is C27H30N6O8S2. The zero-order valence-corrected chi connectivity index (χ0v) is 25.7. The van der Waals surface area contributed by atoms with Crippen molar-refractivity contribution in [1.29, 1.82) is 5.26 Å². The lowest BCUT2D eigenvalue weighted by Crippen LogP contribution is -2.25. The number of nitriles is 1. The molecule has 1 aliphatic rings. The number of aliphatic imine (C=N–C) groups is 1. The number of anilines is 1. The van der Waals surface area contributed by atoms with Crippen LogP contribution in [-0.4, -0.2) is 77.9 Å². The Balaban J connectivity index is 1.82. The number of benzene rings is 2. The van der Waals surface area contributed by atoms with Crippen LogP contribution < -0.4 is 14.2 Å². The Bertz CT molecular complexity index is 1820. The van der Waals surface area contributed by atoms with E-state index < -0.39 is 31.7 Å². The number of hydrogen-bond acceptors (Lipinski definition) is 12. The molecule has 0 radical (unpaired) electrons. The van der Waals surface area contributed by atoms with Crippen LogP contribution in [0.5, 0.6) is 11.5 Å². The van der Waals surface area contributed by atoms with Gasteiger partial charge >= 0.3 is 0 Å². The fraction of sp³-hybridized carbons (Fsp3) is 0.333. The van der Waals surface area contributed by atoms with Crippen LogP contribution in [-0.2, 0) is 29.3 Å². The Morgan fingerprint density at radius 3 is 2.30 bits per heavy atom.